The van der Waals surface area contributed by atoms with Crippen LogP contribution in [0.2, 0.25) is 0 Å². The summed E-state index contributed by atoms with van der Waals surface area (Å²) in [4.78, 5) is 29.8. The number of aryl methyl sites for hydroxylation is 1. The molecule has 164 valence electrons. The van der Waals surface area contributed by atoms with Gasteiger partial charge in [-0.1, -0.05) is 36.8 Å². The van der Waals surface area contributed by atoms with Crippen molar-refractivity contribution in [3.05, 3.63) is 51.9 Å². The Hall–Kier alpha value is -2.88. The van der Waals surface area contributed by atoms with Crippen LogP contribution in [0.4, 0.5) is 18.2 Å². The normalized spacial score (nSPS) is 21.0. The van der Waals surface area contributed by atoms with Crippen LogP contribution in [0.15, 0.2) is 35.3 Å². The van der Waals surface area contributed by atoms with Crippen molar-refractivity contribution in [2.24, 2.45) is 4.99 Å². The largest absolute Gasteiger partial charge is 0.465 e. The number of hydrogen-bond acceptors (Lipinski definition) is 6. The molecular formula is C21H20F3N3O3S. The number of nitrogens with one attached hydrogen (secondary N) is 2. The molecule has 0 fully saturated rings. The average molecular weight is 451 g/mol. The number of methoxy groups -OCH3 is 1. The summed E-state index contributed by atoms with van der Waals surface area (Å²) in [6.45, 7) is 0. The van der Waals surface area contributed by atoms with Crippen LogP contribution in [0, 0.1) is 0 Å². The number of fused-ring (bicyclic) bond motifs is 1. The molecule has 0 saturated heterocycles. The van der Waals surface area contributed by atoms with Crippen molar-refractivity contribution in [1.29, 1.82) is 0 Å². The first kappa shape index (κ1) is 21.4. The Morgan fingerprint density at radius 2 is 1.90 bits per heavy atom. The summed E-state index contributed by atoms with van der Waals surface area (Å²) in [5.74, 6) is -2.27. The van der Waals surface area contributed by atoms with Gasteiger partial charge in [0.1, 0.15) is 10.8 Å². The minimum Gasteiger partial charge on any atom is -0.465 e. The van der Waals surface area contributed by atoms with Crippen molar-refractivity contribution in [3.8, 4) is 0 Å². The number of benzene rings is 1. The number of ether oxygens (including phenoxy) is 1. The van der Waals surface area contributed by atoms with E-state index in [4.69, 9.17) is 4.74 Å². The van der Waals surface area contributed by atoms with E-state index in [-0.39, 0.29) is 16.4 Å². The van der Waals surface area contributed by atoms with E-state index in [0.717, 1.165) is 35.5 Å². The number of aliphatic imine (C=N–C) groups is 1. The molecule has 2 aliphatic rings. The lowest BCUT2D eigenvalue weighted by molar-refractivity contribution is -0.181. The van der Waals surface area contributed by atoms with Gasteiger partial charge in [-0.2, -0.15) is 13.2 Å². The van der Waals surface area contributed by atoms with Gasteiger partial charge >= 0.3 is 17.8 Å². The Labute approximate surface area is 180 Å². The number of amides is 1. The summed E-state index contributed by atoms with van der Waals surface area (Å²) in [6, 6.07) is 8.09. The Morgan fingerprint density at radius 1 is 1.19 bits per heavy atom. The van der Waals surface area contributed by atoms with E-state index in [1.807, 2.05) is 0 Å². The van der Waals surface area contributed by atoms with Crippen LogP contribution in [0.5, 0.6) is 0 Å². The molecule has 1 aliphatic heterocycles. The first-order valence-corrected chi connectivity index (χ1v) is 10.6. The molecule has 10 heteroatoms. The number of alkyl halides is 3. The molecule has 1 amide bonds. The number of hydrogen-bond donors (Lipinski definition) is 2. The van der Waals surface area contributed by atoms with Crippen LogP contribution in [0.25, 0.3) is 0 Å². The number of halogens is 3. The first-order valence-electron chi connectivity index (χ1n) is 9.81. The number of nitrogens with zero attached hydrogens (tertiary/aromatic N) is 1. The Kier molecular flexibility index (Phi) is 5.50. The lowest BCUT2D eigenvalue weighted by atomic mass is 10.0. The third-order valence-corrected chi connectivity index (χ3v) is 6.61. The monoisotopic (exact) mass is 451 g/mol. The fraction of sp³-hybridized carbons (Fsp3) is 0.381. The fourth-order valence-electron chi connectivity index (χ4n) is 3.84. The van der Waals surface area contributed by atoms with Gasteiger partial charge in [0.2, 0.25) is 0 Å². The number of thiophene rings is 1. The van der Waals surface area contributed by atoms with E-state index in [1.54, 1.807) is 30.3 Å². The smallest absolute Gasteiger partial charge is 0.442 e. The molecule has 0 saturated carbocycles. The molecule has 31 heavy (non-hydrogen) atoms. The van der Waals surface area contributed by atoms with Crippen molar-refractivity contribution >= 4 is 34.0 Å². The Balaban J connectivity index is 1.83. The first-order chi connectivity index (χ1) is 14.8. The third kappa shape index (κ3) is 3.69. The van der Waals surface area contributed by atoms with Crippen LogP contribution >= 0.6 is 11.3 Å². The second-order valence-electron chi connectivity index (χ2n) is 7.37. The van der Waals surface area contributed by atoms with Crippen molar-refractivity contribution in [2.75, 3.05) is 12.4 Å². The molecule has 0 bridgehead atoms. The standard InChI is InChI=1S/C21H20F3N3O3S/c1-30-18(28)15-13-10-6-3-7-11-14(13)31-17(15)27-20(21(22,23)24)19(29)25-16(26-20)12-8-4-2-5-9-12/h2,4-5,8-9,27H,3,6-7,10-11H2,1H3,(H,25,26,29). The number of anilines is 1. The highest BCUT2D eigenvalue weighted by Crippen LogP contribution is 2.44. The Morgan fingerprint density at radius 3 is 2.58 bits per heavy atom. The van der Waals surface area contributed by atoms with Gasteiger partial charge in [0.15, 0.2) is 0 Å². The lowest BCUT2D eigenvalue weighted by Crippen LogP contribution is -2.57. The zero-order valence-corrected chi connectivity index (χ0v) is 17.5. The molecule has 1 unspecified atom stereocenters. The Bertz CT molecular complexity index is 1050. The summed E-state index contributed by atoms with van der Waals surface area (Å²) in [6.07, 6.45) is -1.13. The van der Waals surface area contributed by atoms with Crippen LogP contribution in [0.1, 0.15) is 45.6 Å². The predicted octanol–water partition coefficient (Wildman–Crippen LogP) is 4.05. The van der Waals surface area contributed by atoms with Crippen LogP contribution < -0.4 is 10.6 Å². The van der Waals surface area contributed by atoms with Gasteiger partial charge in [0, 0.05) is 10.4 Å². The zero-order chi connectivity index (χ0) is 22.2. The highest BCUT2D eigenvalue weighted by molar-refractivity contribution is 7.16. The quantitative estimate of drug-likeness (QED) is 0.543. The van der Waals surface area contributed by atoms with E-state index in [1.165, 1.54) is 7.11 Å². The molecule has 1 aliphatic carbocycles. The molecule has 2 N–H and O–H groups in total. The highest BCUT2D eigenvalue weighted by atomic mass is 32.1. The van der Waals surface area contributed by atoms with Crippen molar-refractivity contribution < 1.29 is 27.5 Å². The molecule has 4 rings (SSSR count). The lowest BCUT2D eigenvalue weighted by Gasteiger charge is -2.27. The summed E-state index contributed by atoms with van der Waals surface area (Å²) in [5, 5.41) is 4.49. The molecule has 6 nitrogen and oxygen atoms in total. The maximum Gasteiger partial charge on any atom is 0.442 e. The topological polar surface area (TPSA) is 79.8 Å². The van der Waals surface area contributed by atoms with E-state index < -0.39 is 23.7 Å². The summed E-state index contributed by atoms with van der Waals surface area (Å²) < 4.78 is 47.6. The van der Waals surface area contributed by atoms with Gasteiger partial charge in [0.05, 0.1) is 12.7 Å². The molecule has 1 atom stereocenters. The molecule has 2 heterocycles. The molecular weight excluding hydrogens is 431 g/mol. The van der Waals surface area contributed by atoms with E-state index in [0.29, 0.717) is 24.0 Å². The maximum absolute atomic E-state index is 14.3. The number of rotatable bonds is 4. The zero-order valence-electron chi connectivity index (χ0n) is 16.6. The predicted molar refractivity (Wildman–Crippen MR) is 110 cm³/mol. The van der Waals surface area contributed by atoms with E-state index >= 15 is 0 Å². The van der Waals surface area contributed by atoms with Gasteiger partial charge in [-0.05, 0) is 31.2 Å². The third-order valence-electron chi connectivity index (χ3n) is 5.40. The van der Waals surface area contributed by atoms with Crippen LogP contribution in [0.3, 0.4) is 0 Å². The van der Waals surface area contributed by atoms with Gasteiger partial charge in [-0.3, -0.25) is 4.79 Å². The van der Waals surface area contributed by atoms with Gasteiger partial charge < -0.3 is 15.4 Å². The number of esters is 1. The van der Waals surface area contributed by atoms with Crippen molar-refractivity contribution in [1.82, 2.24) is 5.32 Å². The van der Waals surface area contributed by atoms with Crippen LogP contribution in [-0.2, 0) is 22.4 Å². The van der Waals surface area contributed by atoms with Crippen molar-refractivity contribution in [3.63, 3.8) is 0 Å². The highest BCUT2D eigenvalue weighted by Gasteiger charge is 2.64. The fourth-order valence-corrected chi connectivity index (χ4v) is 5.17. The summed E-state index contributed by atoms with van der Waals surface area (Å²) >= 11 is 1.06. The van der Waals surface area contributed by atoms with Crippen molar-refractivity contribution in [2.45, 2.75) is 43.9 Å². The maximum atomic E-state index is 14.3. The van der Waals surface area contributed by atoms with Gasteiger partial charge in [0.25, 0.3) is 5.91 Å². The number of amidine groups is 1. The summed E-state index contributed by atoms with van der Waals surface area (Å²) in [5.41, 5.74) is -2.15. The average Bonchev–Trinajstić information content (AvgIpc) is 3.16. The molecule has 1 aromatic heterocycles. The van der Waals surface area contributed by atoms with Gasteiger partial charge in [-0.25, -0.2) is 9.79 Å². The SMILES string of the molecule is COC(=O)c1c(NC2(C(F)(F)F)N=C(c3ccccc3)NC2=O)sc2c1CCCCC2. The molecule has 0 spiro atoms. The second kappa shape index (κ2) is 7.99. The second-order valence-corrected chi connectivity index (χ2v) is 8.48. The molecule has 1 aromatic carbocycles. The molecule has 0 radical (unpaired) electrons. The summed E-state index contributed by atoms with van der Waals surface area (Å²) in [7, 11) is 1.18. The van der Waals surface area contributed by atoms with E-state index in [9.17, 15) is 22.8 Å². The molecule has 2 aromatic rings. The minimum atomic E-state index is -5.05. The number of carbonyl (C=O) groups excluding carboxylic acids is 2. The van der Waals surface area contributed by atoms with Gasteiger partial charge in [-0.15, -0.1) is 11.3 Å². The van der Waals surface area contributed by atoms with Crippen LogP contribution in [-0.4, -0.2) is 36.7 Å². The number of carbonyl (C=O) groups is 2. The minimum absolute atomic E-state index is 0.0516. The van der Waals surface area contributed by atoms with E-state index in [2.05, 4.69) is 15.6 Å².